The fourth-order valence-electron chi connectivity index (χ4n) is 0.618. The van der Waals surface area contributed by atoms with Gasteiger partial charge >= 0.3 is 5.97 Å². The fourth-order valence-corrected chi connectivity index (χ4v) is 0.618. The Morgan fingerprint density at radius 1 is 1.69 bits per heavy atom. The molecule has 0 spiro atoms. The number of halogens is 2. The van der Waals surface area contributed by atoms with E-state index in [4.69, 9.17) is 5.11 Å². The van der Waals surface area contributed by atoms with Crippen LogP contribution in [0.15, 0.2) is 0 Å². The van der Waals surface area contributed by atoms with Gasteiger partial charge in [-0.15, -0.1) is 0 Å². The van der Waals surface area contributed by atoms with Crippen molar-refractivity contribution in [1.82, 2.24) is 5.32 Å². The molecule has 0 bridgehead atoms. The molecule has 1 atom stereocenters. The van der Waals surface area contributed by atoms with E-state index >= 15 is 0 Å². The Morgan fingerprint density at radius 2 is 2.23 bits per heavy atom. The van der Waals surface area contributed by atoms with E-state index in [9.17, 15) is 13.6 Å². The summed E-state index contributed by atoms with van der Waals surface area (Å²) in [7, 11) is 1.17. The van der Waals surface area contributed by atoms with Gasteiger partial charge in [-0.3, -0.25) is 10.1 Å². The van der Waals surface area contributed by atoms with E-state index in [2.05, 4.69) is 10.1 Å². The summed E-state index contributed by atoms with van der Waals surface area (Å²) in [6.45, 7) is -0.590. The molecule has 0 amide bonds. The number of carbonyl (C=O) groups is 1. The van der Waals surface area contributed by atoms with E-state index in [0.29, 0.717) is 0 Å². The molecule has 0 heterocycles. The lowest BCUT2D eigenvalue weighted by molar-refractivity contribution is -0.143. The molecule has 0 aliphatic rings. The molecule has 0 aromatic heterocycles. The van der Waals surface area contributed by atoms with Gasteiger partial charge < -0.3 is 9.84 Å². The van der Waals surface area contributed by atoms with Crippen LogP contribution in [0.1, 0.15) is 6.92 Å². The van der Waals surface area contributed by atoms with Crippen molar-refractivity contribution in [3.8, 4) is 0 Å². The first-order chi connectivity index (χ1) is 5.93. The maximum absolute atomic E-state index is 12.4. The Morgan fingerprint density at radius 3 is 2.62 bits per heavy atom. The van der Waals surface area contributed by atoms with Crippen molar-refractivity contribution in [2.45, 2.75) is 18.9 Å². The van der Waals surface area contributed by atoms with E-state index in [0.717, 1.165) is 0 Å². The molecule has 0 radical (unpaired) electrons. The van der Waals surface area contributed by atoms with Crippen LogP contribution < -0.4 is 5.32 Å². The normalized spacial score (nSPS) is 13.9. The molecule has 0 aromatic rings. The third kappa shape index (κ3) is 4.74. The van der Waals surface area contributed by atoms with E-state index < -0.39 is 31.1 Å². The van der Waals surface area contributed by atoms with Gasteiger partial charge in [0.2, 0.25) is 0 Å². The zero-order valence-corrected chi connectivity index (χ0v) is 7.51. The van der Waals surface area contributed by atoms with Gasteiger partial charge in [-0.1, -0.05) is 0 Å². The largest absolute Gasteiger partial charge is 0.468 e. The lowest BCUT2D eigenvalue weighted by Crippen LogP contribution is -2.43. The first-order valence-corrected chi connectivity index (χ1v) is 3.73. The second kappa shape index (κ2) is 5.08. The molecule has 0 saturated heterocycles. The number of alkyl halides is 2. The molecule has 0 saturated carbocycles. The molecular weight excluding hydrogens is 184 g/mol. The average Bonchev–Trinajstić information content (AvgIpc) is 2.13. The lowest BCUT2D eigenvalue weighted by Gasteiger charge is -2.16. The van der Waals surface area contributed by atoms with Crippen molar-refractivity contribution in [1.29, 1.82) is 0 Å². The summed E-state index contributed by atoms with van der Waals surface area (Å²) < 4.78 is 29.1. The summed E-state index contributed by atoms with van der Waals surface area (Å²) in [5, 5.41) is 10.4. The predicted octanol–water partition coefficient (Wildman–Crippen LogP) is -0.235. The number of nitrogens with one attached hydrogen (secondary N) is 1. The van der Waals surface area contributed by atoms with Crippen molar-refractivity contribution in [2.24, 2.45) is 0 Å². The molecule has 6 heteroatoms. The molecule has 0 fully saturated rings. The van der Waals surface area contributed by atoms with Gasteiger partial charge in [-0.05, 0) is 6.92 Å². The fraction of sp³-hybridized carbons (Fsp3) is 0.857. The molecule has 2 N–H and O–H groups in total. The second-order valence-corrected chi connectivity index (χ2v) is 2.64. The summed E-state index contributed by atoms with van der Waals surface area (Å²) >= 11 is 0. The smallest absolute Gasteiger partial charge is 0.322 e. The summed E-state index contributed by atoms with van der Waals surface area (Å²) in [5.41, 5.74) is 0. The topological polar surface area (TPSA) is 58.6 Å². The zero-order valence-electron chi connectivity index (χ0n) is 7.51. The van der Waals surface area contributed by atoms with Gasteiger partial charge in [0.05, 0.1) is 13.7 Å². The predicted molar refractivity (Wildman–Crippen MR) is 41.5 cm³/mol. The number of methoxy groups -OCH3 is 1. The Labute approximate surface area is 74.9 Å². The Kier molecular flexibility index (Phi) is 4.79. The van der Waals surface area contributed by atoms with Crippen LogP contribution in [0.5, 0.6) is 0 Å². The molecule has 1 unspecified atom stereocenters. The summed E-state index contributed by atoms with van der Waals surface area (Å²) in [6, 6.07) is -0.803. The first-order valence-electron chi connectivity index (χ1n) is 3.73. The number of hydrogen-bond acceptors (Lipinski definition) is 4. The van der Waals surface area contributed by atoms with E-state index in [1.807, 2.05) is 0 Å². The van der Waals surface area contributed by atoms with Crippen molar-refractivity contribution in [3.05, 3.63) is 0 Å². The van der Waals surface area contributed by atoms with Gasteiger partial charge in [-0.25, -0.2) is 8.78 Å². The molecular formula is C7H13F2NO3. The van der Waals surface area contributed by atoms with Crippen LogP contribution in [0.25, 0.3) is 0 Å². The van der Waals surface area contributed by atoms with Gasteiger partial charge in [0.1, 0.15) is 12.6 Å². The minimum atomic E-state index is -3.21. The number of aliphatic hydroxyl groups excluding tert-OH is 1. The maximum Gasteiger partial charge on any atom is 0.322 e. The van der Waals surface area contributed by atoms with E-state index in [1.165, 1.54) is 14.0 Å². The van der Waals surface area contributed by atoms with Crippen molar-refractivity contribution < 1.29 is 23.4 Å². The maximum atomic E-state index is 12.4. The van der Waals surface area contributed by atoms with Crippen LogP contribution in [-0.4, -0.2) is 43.3 Å². The monoisotopic (exact) mass is 197 g/mol. The minimum absolute atomic E-state index is 0.617. The molecule has 4 nitrogen and oxygen atoms in total. The third-order valence-corrected chi connectivity index (χ3v) is 1.45. The highest BCUT2D eigenvalue weighted by molar-refractivity contribution is 5.75. The van der Waals surface area contributed by atoms with Crippen molar-refractivity contribution in [3.63, 3.8) is 0 Å². The minimum Gasteiger partial charge on any atom is -0.468 e. The lowest BCUT2D eigenvalue weighted by atomic mass is 10.3. The molecule has 13 heavy (non-hydrogen) atoms. The van der Waals surface area contributed by atoms with Crippen LogP contribution in [0.3, 0.4) is 0 Å². The standard InChI is InChI=1S/C7H13F2NO3/c1-5(6(12)13-2)10-3-7(8,9)4-11/h5,10-11H,3-4H2,1-2H3. The SMILES string of the molecule is COC(=O)C(C)NCC(F)(F)CO. The van der Waals surface area contributed by atoms with E-state index in [1.54, 1.807) is 0 Å². The third-order valence-electron chi connectivity index (χ3n) is 1.45. The number of ether oxygens (including phenoxy) is 1. The number of esters is 1. The summed E-state index contributed by atoms with van der Waals surface area (Å²) in [6.07, 6.45) is 0. The first kappa shape index (κ1) is 12.2. The molecule has 0 aliphatic carbocycles. The highest BCUT2D eigenvalue weighted by Gasteiger charge is 2.28. The van der Waals surface area contributed by atoms with Gasteiger partial charge in [-0.2, -0.15) is 0 Å². The highest BCUT2D eigenvalue weighted by Crippen LogP contribution is 2.10. The number of hydrogen-bond donors (Lipinski definition) is 2. The van der Waals surface area contributed by atoms with Crippen LogP contribution in [0.2, 0.25) is 0 Å². The summed E-state index contributed by atoms with van der Waals surface area (Å²) in [4.78, 5) is 10.7. The number of aliphatic hydroxyl groups is 1. The van der Waals surface area contributed by atoms with Crippen molar-refractivity contribution >= 4 is 5.97 Å². The summed E-state index contributed by atoms with van der Waals surface area (Å²) in [5.74, 6) is -3.82. The van der Waals surface area contributed by atoms with Crippen molar-refractivity contribution in [2.75, 3.05) is 20.3 Å². The zero-order chi connectivity index (χ0) is 10.5. The van der Waals surface area contributed by atoms with Crippen LogP contribution in [0, 0.1) is 0 Å². The molecule has 0 aliphatic heterocycles. The van der Waals surface area contributed by atoms with Crippen LogP contribution in [-0.2, 0) is 9.53 Å². The Hall–Kier alpha value is -0.750. The number of carbonyl (C=O) groups excluding carboxylic acids is 1. The number of rotatable bonds is 5. The highest BCUT2D eigenvalue weighted by atomic mass is 19.3. The average molecular weight is 197 g/mol. The Bertz CT molecular complexity index is 175. The quantitative estimate of drug-likeness (QED) is 0.597. The molecule has 78 valence electrons. The van der Waals surface area contributed by atoms with Crippen LogP contribution >= 0.6 is 0 Å². The Balaban J connectivity index is 3.82. The van der Waals surface area contributed by atoms with Gasteiger partial charge in [0.15, 0.2) is 0 Å². The van der Waals surface area contributed by atoms with Gasteiger partial charge in [0.25, 0.3) is 5.92 Å². The second-order valence-electron chi connectivity index (χ2n) is 2.64. The van der Waals surface area contributed by atoms with Gasteiger partial charge in [0, 0.05) is 0 Å². The van der Waals surface area contributed by atoms with Crippen LogP contribution in [0.4, 0.5) is 8.78 Å². The van der Waals surface area contributed by atoms with E-state index in [-0.39, 0.29) is 0 Å². The molecule has 0 rings (SSSR count). The molecule has 0 aromatic carbocycles.